The Labute approximate surface area is 84.8 Å². The van der Waals surface area contributed by atoms with Gasteiger partial charge in [0.15, 0.2) is 0 Å². The van der Waals surface area contributed by atoms with Crippen LogP contribution in [0, 0.1) is 12.3 Å². The topological polar surface area (TPSA) is 38.1 Å². The van der Waals surface area contributed by atoms with Gasteiger partial charge in [0, 0.05) is 6.04 Å². The molecule has 1 aromatic heterocycles. The van der Waals surface area contributed by atoms with E-state index in [-0.39, 0.29) is 6.04 Å². The molecule has 0 spiro atoms. The van der Waals surface area contributed by atoms with E-state index in [4.69, 9.17) is 6.42 Å². The van der Waals surface area contributed by atoms with Crippen LogP contribution in [-0.2, 0) is 5.60 Å². The Morgan fingerprint density at radius 3 is 2.50 bits per heavy atom. The van der Waals surface area contributed by atoms with E-state index in [1.54, 1.807) is 20.0 Å². The van der Waals surface area contributed by atoms with Gasteiger partial charge in [-0.1, -0.05) is 5.92 Å². The molecule has 0 aromatic carbocycles. The minimum absolute atomic E-state index is 0.199. The molecule has 0 aliphatic rings. The smallest absolute Gasteiger partial charge is 0.141 e. The molecular formula is C11H16N2O. The van der Waals surface area contributed by atoms with Gasteiger partial charge in [0.2, 0.25) is 0 Å². The first-order chi connectivity index (χ1) is 6.38. The summed E-state index contributed by atoms with van der Waals surface area (Å²) in [5.41, 5.74) is -0.253. The predicted molar refractivity (Wildman–Crippen MR) is 55.8 cm³/mol. The van der Waals surface area contributed by atoms with E-state index in [9.17, 15) is 5.11 Å². The zero-order valence-electron chi connectivity index (χ0n) is 9.07. The van der Waals surface area contributed by atoms with E-state index in [1.165, 1.54) is 0 Å². The molecule has 76 valence electrons. The lowest BCUT2D eigenvalue weighted by molar-refractivity contribution is 0.0635. The number of hydrogen-bond acceptors (Lipinski definition) is 2. The largest absolute Gasteiger partial charge is 0.383 e. The first-order valence-electron chi connectivity index (χ1n) is 4.64. The second-order valence-corrected chi connectivity index (χ2v) is 4.13. The van der Waals surface area contributed by atoms with Crippen molar-refractivity contribution in [2.24, 2.45) is 0 Å². The normalized spacial score (nSPS) is 11.8. The van der Waals surface area contributed by atoms with Crippen molar-refractivity contribution in [1.29, 1.82) is 0 Å². The van der Waals surface area contributed by atoms with E-state index in [0.29, 0.717) is 11.5 Å². The van der Waals surface area contributed by atoms with Crippen LogP contribution >= 0.6 is 0 Å². The van der Waals surface area contributed by atoms with Crippen molar-refractivity contribution in [2.75, 3.05) is 0 Å². The lowest BCUT2D eigenvalue weighted by atomic mass is 10.1. The van der Waals surface area contributed by atoms with Gasteiger partial charge in [-0.2, -0.15) is 0 Å². The van der Waals surface area contributed by atoms with Crippen molar-refractivity contribution in [2.45, 2.75) is 39.3 Å². The molecule has 0 bridgehead atoms. The molecule has 1 heterocycles. The van der Waals surface area contributed by atoms with Crippen LogP contribution < -0.4 is 0 Å². The molecule has 0 aliphatic heterocycles. The zero-order valence-corrected chi connectivity index (χ0v) is 9.07. The van der Waals surface area contributed by atoms with Crippen molar-refractivity contribution in [3.05, 3.63) is 17.7 Å². The van der Waals surface area contributed by atoms with Crippen molar-refractivity contribution in [3.8, 4) is 12.3 Å². The molecule has 3 heteroatoms. The highest BCUT2D eigenvalue weighted by Crippen LogP contribution is 2.23. The standard InChI is InChI=1S/C11H16N2O/c1-6-9-7-12-10(11(4,5)14)13(9)8(2)3/h1,7-8,14H,2-5H3. The van der Waals surface area contributed by atoms with Gasteiger partial charge in [0.1, 0.15) is 17.1 Å². The lowest BCUT2D eigenvalue weighted by Crippen LogP contribution is -2.23. The van der Waals surface area contributed by atoms with Crippen molar-refractivity contribution >= 4 is 0 Å². The molecule has 0 saturated carbocycles. The van der Waals surface area contributed by atoms with Crippen LogP contribution in [0.25, 0.3) is 0 Å². The second-order valence-electron chi connectivity index (χ2n) is 4.13. The second kappa shape index (κ2) is 3.47. The van der Waals surface area contributed by atoms with E-state index in [1.807, 2.05) is 18.4 Å². The average Bonchev–Trinajstić information content (AvgIpc) is 2.45. The lowest BCUT2D eigenvalue weighted by Gasteiger charge is -2.21. The predicted octanol–water partition coefficient (Wildman–Crippen LogP) is 1.67. The van der Waals surface area contributed by atoms with Gasteiger partial charge in [-0.3, -0.25) is 0 Å². The maximum Gasteiger partial charge on any atom is 0.141 e. The number of rotatable bonds is 2. The summed E-state index contributed by atoms with van der Waals surface area (Å²) in [4.78, 5) is 4.15. The molecule has 0 atom stereocenters. The molecule has 1 aromatic rings. The molecule has 1 rings (SSSR count). The van der Waals surface area contributed by atoms with Gasteiger partial charge >= 0.3 is 0 Å². The average molecular weight is 192 g/mol. The van der Waals surface area contributed by atoms with Crippen LogP contribution in [0.3, 0.4) is 0 Å². The highest BCUT2D eigenvalue weighted by molar-refractivity contribution is 5.26. The number of nitrogens with zero attached hydrogens (tertiary/aromatic N) is 2. The van der Waals surface area contributed by atoms with Crippen LogP contribution in [0.1, 0.15) is 45.3 Å². The number of hydrogen-bond donors (Lipinski definition) is 1. The minimum Gasteiger partial charge on any atom is -0.383 e. The van der Waals surface area contributed by atoms with Crippen molar-refractivity contribution < 1.29 is 5.11 Å². The van der Waals surface area contributed by atoms with Crippen LogP contribution in [0.4, 0.5) is 0 Å². The van der Waals surface area contributed by atoms with Crippen molar-refractivity contribution in [3.63, 3.8) is 0 Å². The van der Waals surface area contributed by atoms with E-state index in [0.717, 1.165) is 0 Å². The first kappa shape index (κ1) is 10.8. The Hall–Kier alpha value is -1.27. The Balaban J connectivity index is 3.34. The third-order valence-electron chi connectivity index (χ3n) is 2.01. The van der Waals surface area contributed by atoms with Crippen LogP contribution in [0.2, 0.25) is 0 Å². The van der Waals surface area contributed by atoms with Crippen molar-refractivity contribution in [1.82, 2.24) is 9.55 Å². The summed E-state index contributed by atoms with van der Waals surface area (Å²) in [6, 6.07) is 0.199. The molecule has 0 aliphatic carbocycles. The van der Waals surface area contributed by atoms with Gasteiger partial charge in [0.05, 0.1) is 6.20 Å². The Morgan fingerprint density at radius 1 is 1.57 bits per heavy atom. The van der Waals surface area contributed by atoms with E-state index in [2.05, 4.69) is 10.9 Å². The summed E-state index contributed by atoms with van der Waals surface area (Å²) in [6.07, 6.45) is 6.97. The molecule has 14 heavy (non-hydrogen) atoms. The number of imidazole rings is 1. The quantitative estimate of drug-likeness (QED) is 0.724. The van der Waals surface area contributed by atoms with Gasteiger partial charge in [-0.05, 0) is 27.7 Å². The number of terminal acetylenes is 1. The van der Waals surface area contributed by atoms with E-state index < -0.39 is 5.60 Å². The Kier molecular flexibility index (Phi) is 2.68. The van der Waals surface area contributed by atoms with Crippen LogP contribution in [-0.4, -0.2) is 14.7 Å². The third kappa shape index (κ3) is 1.80. The Morgan fingerprint density at radius 2 is 2.14 bits per heavy atom. The molecule has 0 amide bonds. The molecule has 0 fully saturated rings. The molecule has 0 saturated heterocycles. The summed E-state index contributed by atoms with van der Waals surface area (Å²) in [5.74, 6) is 3.17. The third-order valence-corrected chi connectivity index (χ3v) is 2.01. The number of aliphatic hydroxyl groups is 1. The first-order valence-corrected chi connectivity index (χ1v) is 4.64. The van der Waals surface area contributed by atoms with Gasteiger partial charge in [-0.15, -0.1) is 6.42 Å². The minimum atomic E-state index is -0.959. The monoisotopic (exact) mass is 192 g/mol. The van der Waals surface area contributed by atoms with Gasteiger partial charge < -0.3 is 9.67 Å². The molecule has 1 N–H and O–H groups in total. The summed E-state index contributed by atoms with van der Waals surface area (Å²) >= 11 is 0. The molecule has 0 unspecified atom stereocenters. The summed E-state index contributed by atoms with van der Waals surface area (Å²) in [7, 11) is 0. The summed E-state index contributed by atoms with van der Waals surface area (Å²) in [6.45, 7) is 7.43. The SMILES string of the molecule is C#Cc1cnc(C(C)(C)O)n1C(C)C. The molecular weight excluding hydrogens is 176 g/mol. The fourth-order valence-electron chi connectivity index (χ4n) is 1.44. The fourth-order valence-corrected chi connectivity index (χ4v) is 1.44. The summed E-state index contributed by atoms with van der Waals surface area (Å²) in [5, 5.41) is 9.88. The highest BCUT2D eigenvalue weighted by Gasteiger charge is 2.24. The molecule has 0 radical (unpaired) electrons. The maximum absolute atomic E-state index is 9.88. The maximum atomic E-state index is 9.88. The Bertz CT molecular complexity index is 364. The zero-order chi connectivity index (χ0) is 10.9. The van der Waals surface area contributed by atoms with E-state index >= 15 is 0 Å². The van der Waals surface area contributed by atoms with Gasteiger partial charge in [-0.25, -0.2) is 4.98 Å². The van der Waals surface area contributed by atoms with Crippen LogP contribution in [0.5, 0.6) is 0 Å². The fraction of sp³-hybridized carbons (Fsp3) is 0.545. The van der Waals surface area contributed by atoms with Crippen LogP contribution in [0.15, 0.2) is 6.20 Å². The van der Waals surface area contributed by atoms with Gasteiger partial charge in [0.25, 0.3) is 0 Å². The summed E-state index contributed by atoms with van der Waals surface area (Å²) < 4.78 is 1.88. The number of aromatic nitrogens is 2. The molecule has 3 nitrogen and oxygen atoms in total. The highest BCUT2D eigenvalue weighted by atomic mass is 16.3.